The van der Waals surface area contributed by atoms with Crippen molar-refractivity contribution < 1.29 is 5.11 Å². The molecule has 0 aromatic heterocycles. The molecule has 2 atom stereocenters. The van der Waals surface area contributed by atoms with Crippen LogP contribution in [0.2, 0.25) is 0 Å². The molecule has 0 aliphatic heterocycles. The van der Waals surface area contributed by atoms with Crippen molar-refractivity contribution in [1.82, 2.24) is 0 Å². The fourth-order valence-electron chi connectivity index (χ4n) is 2.29. The number of hydrogen-bond donors (Lipinski definition) is 2. The van der Waals surface area contributed by atoms with E-state index in [1.54, 1.807) is 0 Å². The first kappa shape index (κ1) is 11.5. The van der Waals surface area contributed by atoms with Gasteiger partial charge in [0.25, 0.3) is 0 Å². The van der Waals surface area contributed by atoms with Gasteiger partial charge in [0.05, 0.1) is 12.1 Å². The fourth-order valence-corrected chi connectivity index (χ4v) is 2.29. The van der Waals surface area contributed by atoms with Gasteiger partial charge in [0.1, 0.15) is 0 Å². The van der Waals surface area contributed by atoms with Gasteiger partial charge in [-0.1, -0.05) is 26.0 Å². The van der Waals surface area contributed by atoms with E-state index in [0.717, 1.165) is 24.9 Å². The van der Waals surface area contributed by atoms with E-state index in [2.05, 4.69) is 43.4 Å². The lowest BCUT2D eigenvalue weighted by Crippen LogP contribution is -2.27. The van der Waals surface area contributed by atoms with Gasteiger partial charge >= 0.3 is 0 Å². The van der Waals surface area contributed by atoms with E-state index in [-0.39, 0.29) is 12.1 Å². The van der Waals surface area contributed by atoms with Crippen LogP contribution in [0.15, 0.2) is 24.3 Å². The number of rotatable bonds is 3. The first-order valence-electron chi connectivity index (χ1n) is 6.21. The van der Waals surface area contributed by atoms with E-state index in [0.29, 0.717) is 5.92 Å². The van der Waals surface area contributed by atoms with E-state index in [9.17, 15) is 5.11 Å². The van der Waals surface area contributed by atoms with E-state index < -0.39 is 0 Å². The number of aliphatic hydroxyl groups excluding tert-OH is 1. The van der Waals surface area contributed by atoms with Gasteiger partial charge in [-0.25, -0.2) is 0 Å². The molecule has 16 heavy (non-hydrogen) atoms. The third-order valence-electron chi connectivity index (χ3n) is 3.41. The second-order valence-corrected chi connectivity index (χ2v) is 5.03. The van der Waals surface area contributed by atoms with Crippen LogP contribution in [0.3, 0.4) is 0 Å². The van der Waals surface area contributed by atoms with Crippen molar-refractivity contribution in [3.63, 3.8) is 0 Å². The zero-order valence-corrected chi connectivity index (χ0v) is 10.1. The van der Waals surface area contributed by atoms with Crippen LogP contribution in [-0.4, -0.2) is 17.3 Å². The van der Waals surface area contributed by atoms with Gasteiger partial charge in [0, 0.05) is 5.69 Å². The lowest BCUT2D eigenvalue weighted by Gasteiger charge is -2.18. The van der Waals surface area contributed by atoms with Gasteiger partial charge in [-0.2, -0.15) is 0 Å². The summed E-state index contributed by atoms with van der Waals surface area (Å²) in [6.45, 7) is 4.40. The Balaban J connectivity index is 1.99. The van der Waals surface area contributed by atoms with Crippen LogP contribution in [-0.2, 0) is 0 Å². The Hall–Kier alpha value is -1.02. The molecular formula is C14H21NO. The van der Waals surface area contributed by atoms with Crippen molar-refractivity contribution >= 4 is 5.69 Å². The van der Waals surface area contributed by atoms with Crippen LogP contribution in [0.1, 0.15) is 44.6 Å². The second kappa shape index (κ2) is 4.88. The maximum Gasteiger partial charge on any atom is 0.0741 e. The third kappa shape index (κ3) is 2.56. The lowest BCUT2D eigenvalue weighted by atomic mass is 10.0. The highest BCUT2D eigenvalue weighted by molar-refractivity contribution is 5.46. The molecule has 1 aliphatic rings. The minimum absolute atomic E-state index is 0.176. The SMILES string of the molecule is CC(C)c1ccc(N[C@@H]2CCC[C@H]2O)cc1. The number of anilines is 1. The van der Waals surface area contributed by atoms with Crippen molar-refractivity contribution in [2.75, 3.05) is 5.32 Å². The Morgan fingerprint density at radius 2 is 1.88 bits per heavy atom. The number of aliphatic hydroxyl groups is 1. The third-order valence-corrected chi connectivity index (χ3v) is 3.41. The van der Waals surface area contributed by atoms with Crippen molar-refractivity contribution in [2.24, 2.45) is 0 Å². The Morgan fingerprint density at radius 1 is 1.19 bits per heavy atom. The van der Waals surface area contributed by atoms with Crippen molar-refractivity contribution in [3.05, 3.63) is 29.8 Å². The average molecular weight is 219 g/mol. The van der Waals surface area contributed by atoms with Gasteiger partial charge in [-0.15, -0.1) is 0 Å². The molecule has 0 radical (unpaired) electrons. The summed E-state index contributed by atoms with van der Waals surface area (Å²) in [5.41, 5.74) is 2.48. The quantitative estimate of drug-likeness (QED) is 0.818. The molecule has 88 valence electrons. The van der Waals surface area contributed by atoms with Gasteiger partial charge in [-0.05, 0) is 42.9 Å². The van der Waals surface area contributed by atoms with Crippen molar-refractivity contribution in [3.8, 4) is 0 Å². The standard InChI is InChI=1S/C14H21NO/c1-10(2)11-6-8-12(9-7-11)15-13-4-3-5-14(13)16/h6-10,13-16H,3-5H2,1-2H3/t13-,14-/m1/s1. The molecule has 0 unspecified atom stereocenters. The lowest BCUT2D eigenvalue weighted by molar-refractivity contribution is 0.172. The summed E-state index contributed by atoms with van der Waals surface area (Å²) in [6, 6.07) is 8.79. The number of nitrogens with one attached hydrogen (secondary N) is 1. The van der Waals surface area contributed by atoms with Crippen molar-refractivity contribution in [2.45, 2.75) is 51.2 Å². The molecule has 2 rings (SSSR count). The summed E-state index contributed by atoms with van der Waals surface area (Å²) in [5.74, 6) is 0.575. The molecule has 0 bridgehead atoms. The van der Waals surface area contributed by atoms with Crippen LogP contribution in [0, 0.1) is 0 Å². The zero-order chi connectivity index (χ0) is 11.5. The molecule has 1 aliphatic carbocycles. The monoisotopic (exact) mass is 219 g/mol. The van der Waals surface area contributed by atoms with Crippen LogP contribution in [0.5, 0.6) is 0 Å². The van der Waals surface area contributed by atoms with Crippen LogP contribution in [0.25, 0.3) is 0 Å². The molecule has 1 fully saturated rings. The molecule has 0 saturated heterocycles. The van der Waals surface area contributed by atoms with E-state index in [1.807, 2.05) is 0 Å². The topological polar surface area (TPSA) is 32.3 Å². The predicted molar refractivity (Wildman–Crippen MR) is 67.8 cm³/mol. The van der Waals surface area contributed by atoms with Crippen LogP contribution >= 0.6 is 0 Å². The highest BCUT2D eigenvalue weighted by Crippen LogP contribution is 2.24. The van der Waals surface area contributed by atoms with Gasteiger partial charge < -0.3 is 10.4 Å². The average Bonchev–Trinajstić information content (AvgIpc) is 2.65. The Bertz CT molecular complexity index is 331. The molecule has 2 nitrogen and oxygen atoms in total. The van der Waals surface area contributed by atoms with E-state index >= 15 is 0 Å². The maximum atomic E-state index is 9.73. The van der Waals surface area contributed by atoms with Gasteiger partial charge in [-0.3, -0.25) is 0 Å². The molecule has 0 heterocycles. The summed E-state index contributed by atoms with van der Waals surface area (Å²) < 4.78 is 0. The Kier molecular flexibility index (Phi) is 3.49. The van der Waals surface area contributed by atoms with Crippen molar-refractivity contribution in [1.29, 1.82) is 0 Å². The Morgan fingerprint density at radius 3 is 2.38 bits per heavy atom. The summed E-state index contributed by atoms with van der Waals surface area (Å²) in [4.78, 5) is 0. The molecule has 2 heteroatoms. The molecule has 0 spiro atoms. The minimum atomic E-state index is -0.176. The summed E-state index contributed by atoms with van der Waals surface area (Å²) >= 11 is 0. The Labute approximate surface area is 97.7 Å². The highest BCUT2D eigenvalue weighted by Gasteiger charge is 2.24. The molecular weight excluding hydrogens is 198 g/mol. The summed E-state index contributed by atoms with van der Waals surface area (Å²) in [6.07, 6.45) is 2.96. The predicted octanol–water partition coefficient (Wildman–Crippen LogP) is 3.14. The summed E-state index contributed by atoms with van der Waals surface area (Å²) in [7, 11) is 0. The van der Waals surface area contributed by atoms with Crippen LogP contribution < -0.4 is 5.32 Å². The minimum Gasteiger partial charge on any atom is -0.391 e. The molecule has 1 saturated carbocycles. The molecule has 1 aromatic rings. The largest absolute Gasteiger partial charge is 0.391 e. The van der Waals surface area contributed by atoms with Gasteiger partial charge in [0.2, 0.25) is 0 Å². The van der Waals surface area contributed by atoms with Gasteiger partial charge in [0.15, 0.2) is 0 Å². The maximum absolute atomic E-state index is 9.73. The fraction of sp³-hybridized carbons (Fsp3) is 0.571. The normalized spacial score (nSPS) is 25.0. The molecule has 1 aromatic carbocycles. The number of hydrogen-bond acceptors (Lipinski definition) is 2. The van der Waals surface area contributed by atoms with Crippen LogP contribution in [0.4, 0.5) is 5.69 Å². The van der Waals surface area contributed by atoms with E-state index in [4.69, 9.17) is 0 Å². The summed E-state index contributed by atoms with van der Waals surface area (Å²) in [5, 5.41) is 13.1. The smallest absolute Gasteiger partial charge is 0.0741 e. The number of benzene rings is 1. The molecule has 2 N–H and O–H groups in total. The first-order chi connectivity index (χ1) is 7.66. The first-order valence-corrected chi connectivity index (χ1v) is 6.21. The zero-order valence-electron chi connectivity index (χ0n) is 10.1. The van der Waals surface area contributed by atoms with E-state index in [1.165, 1.54) is 5.56 Å². The highest BCUT2D eigenvalue weighted by atomic mass is 16.3. The molecule has 0 amide bonds. The second-order valence-electron chi connectivity index (χ2n) is 5.03.